The second-order valence-corrected chi connectivity index (χ2v) is 6.90. The van der Waals surface area contributed by atoms with Crippen LogP contribution in [0.1, 0.15) is 40.5 Å². The summed E-state index contributed by atoms with van der Waals surface area (Å²) in [5.41, 5.74) is -0.467. The summed E-state index contributed by atoms with van der Waals surface area (Å²) in [4.78, 5) is 18.2. The molecule has 0 saturated heterocycles. The molecule has 134 valence electrons. The summed E-state index contributed by atoms with van der Waals surface area (Å²) in [6.45, 7) is 9.50. The molecule has 7 heteroatoms. The number of guanidine groups is 1. The Bertz CT molecular complexity index is 403. The van der Waals surface area contributed by atoms with E-state index < -0.39 is 5.60 Å². The van der Waals surface area contributed by atoms with Crippen molar-refractivity contribution in [1.29, 1.82) is 0 Å². The Labute approximate surface area is 139 Å². The Kier molecular flexibility index (Phi) is 7.61. The number of hydrogen-bond acceptors (Lipinski definition) is 4. The molecule has 0 aromatic heterocycles. The number of nitrogens with one attached hydrogen (secondary N) is 2. The second-order valence-electron chi connectivity index (χ2n) is 6.90. The zero-order chi connectivity index (χ0) is 17.5. The van der Waals surface area contributed by atoms with E-state index in [0.717, 1.165) is 12.8 Å². The molecule has 1 aliphatic carbocycles. The predicted octanol–water partition coefficient (Wildman–Crippen LogP) is 1.59. The van der Waals surface area contributed by atoms with Gasteiger partial charge >= 0.3 is 6.09 Å². The number of amides is 1. The highest BCUT2D eigenvalue weighted by Crippen LogP contribution is 2.27. The van der Waals surface area contributed by atoms with Crippen LogP contribution in [0.3, 0.4) is 0 Å². The fraction of sp³-hybridized carbons (Fsp3) is 0.875. The molecule has 0 aromatic carbocycles. The van der Waals surface area contributed by atoms with Crippen LogP contribution >= 0.6 is 0 Å². The van der Waals surface area contributed by atoms with Crippen LogP contribution in [-0.2, 0) is 9.47 Å². The van der Waals surface area contributed by atoms with Gasteiger partial charge in [-0.05, 0) is 40.5 Å². The van der Waals surface area contributed by atoms with Gasteiger partial charge in [-0.3, -0.25) is 4.99 Å². The summed E-state index contributed by atoms with van der Waals surface area (Å²) < 4.78 is 10.6. The molecule has 1 amide bonds. The van der Waals surface area contributed by atoms with Crippen LogP contribution in [-0.4, -0.2) is 68.5 Å². The Balaban J connectivity index is 2.42. The fourth-order valence-corrected chi connectivity index (χ4v) is 2.14. The van der Waals surface area contributed by atoms with Gasteiger partial charge < -0.3 is 25.0 Å². The third-order valence-electron chi connectivity index (χ3n) is 3.28. The van der Waals surface area contributed by atoms with Gasteiger partial charge in [0.1, 0.15) is 5.60 Å². The van der Waals surface area contributed by atoms with Gasteiger partial charge in [0.15, 0.2) is 5.96 Å². The minimum atomic E-state index is -0.467. The van der Waals surface area contributed by atoms with Crippen molar-refractivity contribution in [2.24, 2.45) is 4.99 Å². The maximum Gasteiger partial charge on any atom is 0.410 e. The first kappa shape index (κ1) is 19.5. The van der Waals surface area contributed by atoms with Gasteiger partial charge in [0.05, 0.1) is 6.61 Å². The van der Waals surface area contributed by atoms with Gasteiger partial charge in [-0.15, -0.1) is 0 Å². The van der Waals surface area contributed by atoms with E-state index in [1.165, 1.54) is 0 Å². The molecule has 1 atom stereocenters. The van der Waals surface area contributed by atoms with Crippen LogP contribution in [0.25, 0.3) is 0 Å². The van der Waals surface area contributed by atoms with Gasteiger partial charge in [-0.2, -0.15) is 0 Å². The van der Waals surface area contributed by atoms with Crippen molar-refractivity contribution < 1.29 is 14.3 Å². The van der Waals surface area contributed by atoms with E-state index in [9.17, 15) is 4.79 Å². The lowest BCUT2D eigenvalue weighted by Gasteiger charge is -2.27. The number of nitrogens with zero attached hydrogens (tertiary/aromatic N) is 2. The molecule has 0 aromatic rings. The van der Waals surface area contributed by atoms with Gasteiger partial charge in [-0.1, -0.05) is 0 Å². The normalized spacial score (nSPS) is 16.7. The lowest BCUT2D eigenvalue weighted by Crippen LogP contribution is -2.47. The highest BCUT2D eigenvalue weighted by Gasteiger charge is 2.34. The first-order chi connectivity index (χ1) is 10.8. The minimum Gasteiger partial charge on any atom is -0.444 e. The Morgan fingerprint density at radius 2 is 2.04 bits per heavy atom. The van der Waals surface area contributed by atoms with E-state index in [0.29, 0.717) is 31.7 Å². The zero-order valence-electron chi connectivity index (χ0n) is 15.3. The highest BCUT2D eigenvalue weighted by atomic mass is 16.6. The van der Waals surface area contributed by atoms with Crippen LogP contribution in [0.5, 0.6) is 0 Å². The minimum absolute atomic E-state index is 0.164. The lowest BCUT2D eigenvalue weighted by atomic mass is 10.2. The number of rotatable bonds is 7. The van der Waals surface area contributed by atoms with Crippen LogP contribution in [0.2, 0.25) is 0 Å². The first-order valence-corrected chi connectivity index (χ1v) is 8.22. The van der Waals surface area contributed by atoms with Gasteiger partial charge in [0.2, 0.25) is 0 Å². The van der Waals surface area contributed by atoms with Crippen molar-refractivity contribution in [2.75, 3.05) is 33.9 Å². The molecule has 0 bridgehead atoms. The summed E-state index contributed by atoms with van der Waals surface area (Å²) >= 11 is 0. The molecule has 1 unspecified atom stereocenters. The van der Waals surface area contributed by atoms with E-state index in [-0.39, 0.29) is 12.1 Å². The monoisotopic (exact) mass is 328 g/mol. The topological polar surface area (TPSA) is 75.2 Å². The van der Waals surface area contributed by atoms with Crippen molar-refractivity contribution in [3.8, 4) is 0 Å². The molecular formula is C16H32N4O3. The molecule has 1 rings (SSSR count). The number of carbonyl (C=O) groups is 1. The van der Waals surface area contributed by atoms with Crippen LogP contribution in [0.15, 0.2) is 4.99 Å². The number of methoxy groups -OCH3 is 1. The molecular weight excluding hydrogens is 296 g/mol. The molecule has 2 N–H and O–H groups in total. The first-order valence-electron chi connectivity index (χ1n) is 8.22. The average Bonchev–Trinajstić information content (AvgIpc) is 3.24. The van der Waals surface area contributed by atoms with Crippen LogP contribution in [0.4, 0.5) is 4.79 Å². The molecule has 1 fully saturated rings. The summed E-state index contributed by atoms with van der Waals surface area (Å²) in [6, 6.07) is 0.477. The molecule has 23 heavy (non-hydrogen) atoms. The third kappa shape index (κ3) is 8.06. The fourth-order valence-electron chi connectivity index (χ4n) is 2.14. The standard InChI is InChI=1S/C16H32N4O3/c1-12(11-22-6)19-14(17-5)18-9-10-20(13-7-8-13)15(21)23-16(2,3)4/h12-13H,7-11H2,1-6H3,(H2,17,18,19). The van der Waals surface area contributed by atoms with E-state index in [1.807, 2.05) is 32.6 Å². The summed E-state index contributed by atoms with van der Waals surface area (Å²) in [7, 11) is 3.39. The number of ether oxygens (including phenoxy) is 2. The van der Waals surface area contributed by atoms with Gasteiger partial charge in [0.25, 0.3) is 0 Å². The van der Waals surface area contributed by atoms with Gasteiger partial charge in [-0.25, -0.2) is 4.79 Å². The molecule has 0 aliphatic heterocycles. The SMILES string of the molecule is CN=C(NCCN(C(=O)OC(C)(C)C)C1CC1)NC(C)COC. The zero-order valence-corrected chi connectivity index (χ0v) is 15.3. The van der Waals surface area contributed by atoms with E-state index >= 15 is 0 Å². The second kappa shape index (κ2) is 8.96. The van der Waals surface area contributed by atoms with Crippen molar-refractivity contribution in [1.82, 2.24) is 15.5 Å². The molecule has 1 saturated carbocycles. The largest absolute Gasteiger partial charge is 0.444 e. The highest BCUT2D eigenvalue weighted by molar-refractivity contribution is 5.80. The van der Waals surface area contributed by atoms with E-state index in [2.05, 4.69) is 15.6 Å². The van der Waals surface area contributed by atoms with Crippen LogP contribution < -0.4 is 10.6 Å². The van der Waals surface area contributed by atoms with Crippen LogP contribution in [0, 0.1) is 0 Å². The van der Waals surface area contributed by atoms with Crippen molar-refractivity contribution in [2.45, 2.75) is 58.2 Å². The third-order valence-corrected chi connectivity index (χ3v) is 3.28. The number of carbonyl (C=O) groups excluding carboxylic acids is 1. The Morgan fingerprint density at radius 3 is 2.52 bits per heavy atom. The number of hydrogen-bond donors (Lipinski definition) is 2. The molecule has 7 nitrogen and oxygen atoms in total. The number of aliphatic imine (C=N–C) groups is 1. The van der Waals surface area contributed by atoms with Gasteiger partial charge in [0, 0.05) is 39.3 Å². The summed E-state index contributed by atoms with van der Waals surface area (Å²) in [5, 5.41) is 6.46. The van der Waals surface area contributed by atoms with E-state index in [1.54, 1.807) is 14.2 Å². The Morgan fingerprint density at radius 1 is 1.39 bits per heavy atom. The summed E-state index contributed by atoms with van der Waals surface area (Å²) in [5.74, 6) is 0.703. The average molecular weight is 328 g/mol. The van der Waals surface area contributed by atoms with Crippen molar-refractivity contribution >= 4 is 12.1 Å². The Hall–Kier alpha value is -1.50. The molecule has 0 heterocycles. The quantitative estimate of drug-likeness (QED) is 0.548. The molecule has 0 radical (unpaired) electrons. The predicted molar refractivity (Wildman–Crippen MR) is 91.8 cm³/mol. The maximum atomic E-state index is 12.3. The van der Waals surface area contributed by atoms with E-state index in [4.69, 9.17) is 9.47 Å². The molecule has 0 spiro atoms. The lowest BCUT2D eigenvalue weighted by molar-refractivity contribution is 0.0238. The van der Waals surface area contributed by atoms with Crippen molar-refractivity contribution in [3.63, 3.8) is 0 Å². The molecule has 1 aliphatic rings. The smallest absolute Gasteiger partial charge is 0.410 e. The summed E-state index contributed by atoms with van der Waals surface area (Å²) in [6.07, 6.45) is 1.87. The maximum absolute atomic E-state index is 12.3. The van der Waals surface area contributed by atoms with Crippen molar-refractivity contribution in [3.05, 3.63) is 0 Å².